The maximum absolute atomic E-state index is 12.6. The fourth-order valence-electron chi connectivity index (χ4n) is 2.49. The topological polar surface area (TPSA) is 74.3 Å². The predicted octanol–water partition coefficient (Wildman–Crippen LogP) is 1.65. The Morgan fingerprint density at radius 1 is 1.48 bits per heavy atom. The summed E-state index contributed by atoms with van der Waals surface area (Å²) in [6.07, 6.45) is 3.20. The Labute approximate surface area is 134 Å². The van der Waals surface area contributed by atoms with Gasteiger partial charge >= 0.3 is 0 Å². The maximum atomic E-state index is 12.6. The zero-order chi connectivity index (χ0) is 15.6. The van der Waals surface area contributed by atoms with Crippen LogP contribution in [0.5, 0.6) is 0 Å². The Bertz CT molecular complexity index is 608. The monoisotopic (exact) mass is 376 g/mol. The molecule has 8 heteroatoms. The van der Waals surface area contributed by atoms with E-state index >= 15 is 0 Å². The van der Waals surface area contributed by atoms with Crippen molar-refractivity contribution in [1.29, 1.82) is 0 Å². The molecule has 2 unspecified atom stereocenters. The SMILES string of the molecule is CNc1ncc(Br)cc1S(=O)(=O)NC1CCN(C)C(C)C1. The van der Waals surface area contributed by atoms with Crippen molar-refractivity contribution in [3.8, 4) is 0 Å². The van der Waals surface area contributed by atoms with E-state index < -0.39 is 10.0 Å². The molecule has 6 nitrogen and oxygen atoms in total. The molecular formula is C13H21BrN4O2S. The number of rotatable bonds is 4. The second-order valence-electron chi connectivity index (χ2n) is 5.42. The number of aromatic nitrogens is 1. The van der Waals surface area contributed by atoms with Crippen LogP contribution in [0.1, 0.15) is 19.8 Å². The third-order valence-electron chi connectivity index (χ3n) is 3.88. The zero-order valence-corrected chi connectivity index (χ0v) is 14.8. The van der Waals surface area contributed by atoms with Crippen LogP contribution in [0.15, 0.2) is 21.6 Å². The van der Waals surface area contributed by atoms with Crippen molar-refractivity contribution >= 4 is 31.8 Å². The lowest BCUT2D eigenvalue weighted by Gasteiger charge is -2.35. The first-order valence-electron chi connectivity index (χ1n) is 6.89. The molecule has 1 aliphatic rings. The van der Waals surface area contributed by atoms with Crippen LogP contribution in [-0.4, -0.2) is 51.0 Å². The summed E-state index contributed by atoms with van der Waals surface area (Å²) in [5.41, 5.74) is 0. The highest BCUT2D eigenvalue weighted by Crippen LogP contribution is 2.24. The van der Waals surface area contributed by atoms with Crippen LogP contribution >= 0.6 is 15.9 Å². The molecular weight excluding hydrogens is 356 g/mol. The molecule has 0 radical (unpaired) electrons. The van der Waals surface area contributed by atoms with Crippen LogP contribution in [0.25, 0.3) is 0 Å². The van der Waals surface area contributed by atoms with Crippen molar-refractivity contribution in [3.63, 3.8) is 0 Å². The van der Waals surface area contributed by atoms with Crippen molar-refractivity contribution in [2.75, 3.05) is 26.0 Å². The zero-order valence-electron chi connectivity index (χ0n) is 12.4. The average molecular weight is 377 g/mol. The van der Waals surface area contributed by atoms with E-state index in [2.05, 4.69) is 49.8 Å². The van der Waals surface area contributed by atoms with Crippen LogP contribution in [0.3, 0.4) is 0 Å². The van der Waals surface area contributed by atoms with Gasteiger partial charge in [0.15, 0.2) is 0 Å². The molecule has 0 amide bonds. The molecule has 118 valence electrons. The first-order chi connectivity index (χ1) is 9.83. The Morgan fingerprint density at radius 2 is 2.19 bits per heavy atom. The first kappa shape index (κ1) is 16.7. The van der Waals surface area contributed by atoms with Crippen LogP contribution in [0, 0.1) is 0 Å². The van der Waals surface area contributed by atoms with E-state index in [0.717, 1.165) is 19.4 Å². The highest BCUT2D eigenvalue weighted by atomic mass is 79.9. The quantitative estimate of drug-likeness (QED) is 0.835. The lowest BCUT2D eigenvalue weighted by Crippen LogP contribution is -2.47. The number of anilines is 1. The number of hydrogen-bond acceptors (Lipinski definition) is 5. The summed E-state index contributed by atoms with van der Waals surface area (Å²) in [6, 6.07) is 1.90. The standard InChI is InChI=1S/C13H21BrN4O2S/c1-9-6-11(4-5-18(9)3)17-21(19,20)12-7-10(14)8-16-13(12)15-2/h7-9,11,17H,4-6H2,1-3H3,(H,15,16). The average Bonchev–Trinajstić information content (AvgIpc) is 2.42. The van der Waals surface area contributed by atoms with E-state index in [1.165, 1.54) is 0 Å². The minimum atomic E-state index is -3.59. The number of nitrogens with one attached hydrogen (secondary N) is 2. The van der Waals surface area contributed by atoms with Crippen molar-refractivity contribution in [3.05, 3.63) is 16.7 Å². The molecule has 1 aromatic rings. The lowest BCUT2D eigenvalue weighted by molar-refractivity contribution is 0.178. The van der Waals surface area contributed by atoms with E-state index in [-0.39, 0.29) is 10.9 Å². The number of sulfonamides is 1. The van der Waals surface area contributed by atoms with Crippen LogP contribution in [-0.2, 0) is 10.0 Å². The van der Waals surface area contributed by atoms with Crippen molar-refractivity contribution < 1.29 is 8.42 Å². The van der Waals surface area contributed by atoms with Crippen LogP contribution in [0.2, 0.25) is 0 Å². The first-order valence-corrected chi connectivity index (χ1v) is 9.17. The van der Waals surface area contributed by atoms with Crippen molar-refractivity contribution in [2.24, 2.45) is 0 Å². The van der Waals surface area contributed by atoms with Crippen molar-refractivity contribution in [2.45, 2.75) is 36.7 Å². The molecule has 1 saturated heterocycles. The smallest absolute Gasteiger partial charge is 0.244 e. The second-order valence-corrected chi connectivity index (χ2v) is 8.02. The number of pyridine rings is 1. The number of piperidine rings is 1. The van der Waals surface area contributed by atoms with Gasteiger partial charge in [0.25, 0.3) is 0 Å². The summed E-state index contributed by atoms with van der Waals surface area (Å²) >= 11 is 3.27. The summed E-state index contributed by atoms with van der Waals surface area (Å²) in [4.78, 5) is 6.51. The molecule has 0 bridgehead atoms. The molecule has 0 spiro atoms. The molecule has 1 aromatic heterocycles. The second kappa shape index (κ2) is 6.60. The predicted molar refractivity (Wildman–Crippen MR) is 86.9 cm³/mol. The third kappa shape index (κ3) is 3.94. The van der Waals surface area contributed by atoms with Gasteiger partial charge in [-0.2, -0.15) is 0 Å². The molecule has 2 rings (SSSR count). The fourth-order valence-corrected chi connectivity index (χ4v) is 4.45. The molecule has 1 fully saturated rings. The molecule has 2 heterocycles. The van der Waals surface area contributed by atoms with Crippen LogP contribution < -0.4 is 10.0 Å². The maximum Gasteiger partial charge on any atom is 0.244 e. The minimum Gasteiger partial charge on any atom is -0.372 e. The van der Waals surface area contributed by atoms with E-state index in [9.17, 15) is 8.42 Å². The Kier molecular flexibility index (Phi) is 5.24. The summed E-state index contributed by atoms with van der Waals surface area (Å²) < 4.78 is 28.6. The lowest BCUT2D eigenvalue weighted by atomic mass is 10.0. The number of halogens is 1. The molecule has 1 aliphatic heterocycles. The Hall–Kier alpha value is -0.700. The number of likely N-dealkylation sites (tertiary alicyclic amines) is 1. The van der Waals surface area contributed by atoms with Gasteiger partial charge in [-0.05, 0) is 55.4 Å². The normalized spacial score (nSPS) is 24.0. The molecule has 21 heavy (non-hydrogen) atoms. The molecule has 0 saturated carbocycles. The highest BCUT2D eigenvalue weighted by Gasteiger charge is 2.28. The summed E-state index contributed by atoms with van der Waals surface area (Å²) in [5, 5.41) is 2.82. The summed E-state index contributed by atoms with van der Waals surface area (Å²) in [5.74, 6) is 0.353. The molecule has 2 N–H and O–H groups in total. The molecule has 0 aromatic carbocycles. The van der Waals surface area contributed by atoms with Gasteiger partial charge in [0.2, 0.25) is 10.0 Å². The van der Waals surface area contributed by atoms with Crippen molar-refractivity contribution in [1.82, 2.24) is 14.6 Å². The minimum absolute atomic E-state index is 0.0371. The van der Waals surface area contributed by atoms with Gasteiger partial charge in [0.1, 0.15) is 10.7 Å². The van der Waals surface area contributed by atoms with Gasteiger partial charge in [-0.1, -0.05) is 0 Å². The molecule has 2 atom stereocenters. The van der Waals surface area contributed by atoms with Gasteiger partial charge < -0.3 is 10.2 Å². The van der Waals surface area contributed by atoms with E-state index in [4.69, 9.17) is 0 Å². The number of hydrogen-bond donors (Lipinski definition) is 2. The number of nitrogens with zero attached hydrogens (tertiary/aromatic N) is 2. The summed E-state index contributed by atoms with van der Waals surface area (Å²) in [7, 11) is 0.132. The molecule has 0 aliphatic carbocycles. The van der Waals surface area contributed by atoms with Crippen LogP contribution in [0.4, 0.5) is 5.82 Å². The Morgan fingerprint density at radius 3 is 2.81 bits per heavy atom. The van der Waals surface area contributed by atoms with Gasteiger partial charge in [0, 0.05) is 29.8 Å². The largest absolute Gasteiger partial charge is 0.372 e. The highest BCUT2D eigenvalue weighted by molar-refractivity contribution is 9.10. The summed E-state index contributed by atoms with van der Waals surface area (Å²) in [6.45, 7) is 3.00. The Balaban J connectivity index is 2.21. The van der Waals surface area contributed by atoms with Gasteiger partial charge in [-0.15, -0.1) is 0 Å². The van der Waals surface area contributed by atoms with E-state index in [0.29, 0.717) is 16.3 Å². The third-order valence-corrected chi connectivity index (χ3v) is 5.84. The van der Waals surface area contributed by atoms with Gasteiger partial charge in [-0.3, -0.25) is 0 Å². The van der Waals surface area contributed by atoms with Gasteiger partial charge in [0.05, 0.1) is 0 Å². The van der Waals surface area contributed by atoms with E-state index in [1.807, 2.05) is 0 Å². The van der Waals surface area contributed by atoms with Gasteiger partial charge in [-0.25, -0.2) is 18.1 Å². The van der Waals surface area contributed by atoms with E-state index in [1.54, 1.807) is 19.3 Å². The fraction of sp³-hybridized carbons (Fsp3) is 0.615.